The van der Waals surface area contributed by atoms with E-state index in [2.05, 4.69) is 12.2 Å². The minimum Gasteiger partial charge on any atom is -0.480 e. The highest BCUT2D eigenvalue weighted by molar-refractivity contribution is 5.74. The molecule has 1 saturated heterocycles. The molecule has 1 aliphatic carbocycles. The summed E-state index contributed by atoms with van der Waals surface area (Å²) in [4.78, 5) is 26.4. The van der Waals surface area contributed by atoms with Gasteiger partial charge < -0.3 is 15.3 Å². The molecule has 120 valence electrons. The molecule has 0 aromatic heterocycles. The van der Waals surface area contributed by atoms with Crippen molar-refractivity contribution < 1.29 is 14.7 Å². The Balaban J connectivity index is 1.64. The molecule has 0 aromatic rings. The van der Waals surface area contributed by atoms with Gasteiger partial charge in [-0.25, -0.2) is 4.79 Å². The summed E-state index contributed by atoms with van der Waals surface area (Å²) in [6, 6.07) is 0.00333. The van der Waals surface area contributed by atoms with Gasteiger partial charge in [0.1, 0.15) is 0 Å². The van der Waals surface area contributed by atoms with Crippen LogP contribution < -0.4 is 5.32 Å². The lowest BCUT2D eigenvalue weighted by Crippen LogP contribution is -2.53. The summed E-state index contributed by atoms with van der Waals surface area (Å²) in [5.41, 5.74) is 0. The van der Waals surface area contributed by atoms with Crippen molar-refractivity contribution in [2.45, 2.75) is 32.6 Å². The average molecular weight is 297 g/mol. The van der Waals surface area contributed by atoms with Crippen LogP contribution in [-0.4, -0.2) is 66.2 Å². The number of aliphatic carboxylic acids is 1. The second-order valence-electron chi connectivity index (χ2n) is 6.47. The second kappa shape index (κ2) is 7.64. The van der Waals surface area contributed by atoms with Crippen molar-refractivity contribution in [2.75, 3.05) is 39.3 Å². The van der Waals surface area contributed by atoms with E-state index in [0.717, 1.165) is 12.5 Å². The average Bonchev–Trinajstić information content (AvgIpc) is 2.46. The fourth-order valence-corrected chi connectivity index (χ4v) is 3.18. The van der Waals surface area contributed by atoms with Crippen LogP contribution in [0, 0.1) is 11.8 Å². The van der Waals surface area contributed by atoms with Gasteiger partial charge in [0.25, 0.3) is 0 Å². The quantitative estimate of drug-likeness (QED) is 0.818. The predicted molar refractivity (Wildman–Crippen MR) is 80.2 cm³/mol. The minimum atomic E-state index is -0.806. The van der Waals surface area contributed by atoms with E-state index >= 15 is 0 Å². The van der Waals surface area contributed by atoms with Crippen molar-refractivity contribution in [1.82, 2.24) is 15.1 Å². The van der Waals surface area contributed by atoms with Crippen molar-refractivity contribution in [1.29, 1.82) is 0 Å². The summed E-state index contributed by atoms with van der Waals surface area (Å²) >= 11 is 0. The van der Waals surface area contributed by atoms with Crippen LogP contribution in [0.4, 0.5) is 4.79 Å². The number of hydrogen-bond donors (Lipinski definition) is 2. The van der Waals surface area contributed by atoms with Crippen LogP contribution in [0.15, 0.2) is 0 Å². The molecule has 1 aliphatic heterocycles. The first-order valence-electron chi connectivity index (χ1n) is 8.01. The number of nitrogens with one attached hydrogen (secondary N) is 1. The van der Waals surface area contributed by atoms with E-state index in [0.29, 0.717) is 32.1 Å². The SMILES string of the molecule is CC1CCC(CNC(=O)N2CCN(CC(=O)O)CC2)CC1. The maximum absolute atomic E-state index is 12.1. The van der Waals surface area contributed by atoms with Crippen LogP contribution in [0.25, 0.3) is 0 Å². The molecular weight excluding hydrogens is 270 g/mol. The predicted octanol–water partition coefficient (Wildman–Crippen LogP) is 1.22. The van der Waals surface area contributed by atoms with Crippen molar-refractivity contribution >= 4 is 12.0 Å². The molecule has 0 spiro atoms. The summed E-state index contributed by atoms with van der Waals surface area (Å²) in [5.74, 6) is 0.650. The van der Waals surface area contributed by atoms with Gasteiger partial charge in [-0.3, -0.25) is 9.69 Å². The Hall–Kier alpha value is -1.30. The third-order valence-electron chi connectivity index (χ3n) is 4.70. The minimum absolute atomic E-state index is 0.00333. The zero-order valence-corrected chi connectivity index (χ0v) is 12.9. The molecule has 2 rings (SSSR count). The van der Waals surface area contributed by atoms with Gasteiger partial charge in [-0.15, -0.1) is 0 Å². The second-order valence-corrected chi connectivity index (χ2v) is 6.47. The maximum Gasteiger partial charge on any atom is 0.317 e. The fraction of sp³-hybridized carbons (Fsp3) is 0.867. The Bertz CT molecular complexity index is 359. The first-order chi connectivity index (χ1) is 10.0. The number of hydrogen-bond acceptors (Lipinski definition) is 3. The molecule has 2 amide bonds. The number of carbonyl (C=O) groups excluding carboxylic acids is 1. The molecule has 1 heterocycles. The third-order valence-corrected chi connectivity index (χ3v) is 4.70. The number of carboxylic acids is 1. The van der Waals surface area contributed by atoms with Crippen molar-refractivity contribution in [2.24, 2.45) is 11.8 Å². The summed E-state index contributed by atoms with van der Waals surface area (Å²) in [7, 11) is 0. The van der Waals surface area contributed by atoms with Gasteiger partial charge in [0.15, 0.2) is 0 Å². The Labute approximate surface area is 126 Å². The summed E-state index contributed by atoms with van der Waals surface area (Å²) in [5, 5.41) is 11.8. The Morgan fingerprint density at radius 2 is 1.71 bits per heavy atom. The maximum atomic E-state index is 12.1. The molecule has 6 heteroatoms. The molecule has 2 fully saturated rings. The smallest absolute Gasteiger partial charge is 0.317 e. The number of carboxylic acid groups (broad SMARTS) is 1. The molecular formula is C15H27N3O3. The van der Waals surface area contributed by atoms with E-state index in [-0.39, 0.29) is 12.6 Å². The number of rotatable bonds is 4. The molecule has 1 saturated carbocycles. The largest absolute Gasteiger partial charge is 0.480 e. The lowest BCUT2D eigenvalue weighted by atomic mass is 9.83. The molecule has 0 bridgehead atoms. The van der Waals surface area contributed by atoms with Crippen LogP contribution in [0.5, 0.6) is 0 Å². The fourth-order valence-electron chi connectivity index (χ4n) is 3.18. The number of nitrogens with zero attached hydrogens (tertiary/aromatic N) is 2. The molecule has 2 aliphatic rings. The van der Waals surface area contributed by atoms with Gasteiger partial charge in [0.05, 0.1) is 6.54 Å². The van der Waals surface area contributed by atoms with Gasteiger partial charge >= 0.3 is 12.0 Å². The first-order valence-corrected chi connectivity index (χ1v) is 8.01. The van der Waals surface area contributed by atoms with Crippen LogP contribution >= 0.6 is 0 Å². The van der Waals surface area contributed by atoms with Gasteiger partial charge in [-0.2, -0.15) is 0 Å². The van der Waals surface area contributed by atoms with Gasteiger partial charge in [0.2, 0.25) is 0 Å². The van der Waals surface area contributed by atoms with Crippen LogP contribution in [0.1, 0.15) is 32.6 Å². The summed E-state index contributed by atoms with van der Waals surface area (Å²) in [6.45, 7) is 5.64. The zero-order valence-electron chi connectivity index (χ0n) is 12.9. The first kappa shape index (κ1) is 16.1. The lowest BCUT2D eigenvalue weighted by Gasteiger charge is -2.34. The van der Waals surface area contributed by atoms with E-state index in [1.807, 2.05) is 4.90 Å². The highest BCUT2D eigenvalue weighted by Crippen LogP contribution is 2.27. The number of urea groups is 1. The molecule has 0 aromatic carbocycles. The van der Waals surface area contributed by atoms with Crippen LogP contribution in [-0.2, 0) is 4.79 Å². The lowest BCUT2D eigenvalue weighted by molar-refractivity contribution is -0.138. The molecule has 2 N–H and O–H groups in total. The van der Waals surface area contributed by atoms with E-state index in [9.17, 15) is 9.59 Å². The van der Waals surface area contributed by atoms with Crippen molar-refractivity contribution in [3.8, 4) is 0 Å². The molecule has 21 heavy (non-hydrogen) atoms. The molecule has 6 nitrogen and oxygen atoms in total. The van der Waals surface area contributed by atoms with Crippen molar-refractivity contribution in [3.05, 3.63) is 0 Å². The molecule has 0 radical (unpaired) electrons. The van der Waals surface area contributed by atoms with E-state index in [4.69, 9.17) is 5.11 Å². The third kappa shape index (κ3) is 5.19. The number of amides is 2. The number of carbonyl (C=O) groups is 2. The molecule has 0 atom stereocenters. The highest BCUT2D eigenvalue weighted by atomic mass is 16.4. The van der Waals surface area contributed by atoms with Crippen LogP contribution in [0.2, 0.25) is 0 Å². The summed E-state index contributed by atoms with van der Waals surface area (Å²) in [6.07, 6.45) is 4.98. The van der Waals surface area contributed by atoms with E-state index < -0.39 is 5.97 Å². The van der Waals surface area contributed by atoms with Gasteiger partial charge in [-0.05, 0) is 24.7 Å². The van der Waals surface area contributed by atoms with Crippen LogP contribution in [0.3, 0.4) is 0 Å². The Kier molecular flexibility index (Phi) is 5.85. The standard InChI is InChI=1S/C15H27N3O3/c1-12-2-4-13(5-3-12)10-16-15(21)18-8-6-17(7-9-18)11-14(19)20/h12-13H,2-11H2,1H3,(H,16,21)(H,19,20). The van der Waals surface area contributed by atoms with E-state index in [1.165, 1.54) is 25.7 Å². The summed E-state index contributed by atoms with van der Waals surface area (Å²) < 4.78 is 0. The van der Waals surface area contributed by atoms with Gasteiger partial charge in [0, 0.05) is 32.7 Å². The Morgan fingerprint density at radius 3 is 2.29 bits per heavy atom. The topological polar surface area (TPSA) is 72.9 Å². The van der Waals surface area contributed by atoms with E-state index in [1.54, 1.807) is 4.90 Å². The normalized spacial score (nSPS) is 27.4. The Morgan fingerprint density at radius 1 is 1.10 bits per heavy atom. The highest BCUT2D eigenvalue weighted by Gasteiger charge is 2.23. The number of piperazine rings is 1. The zero-order chi connectivity index (χ0) is 15.2. The molecule has 0 unspecified atom stereocenters. The van der Waals surface area contributed by atoms with Crippen molar-refractivity contribution in [3.63, 3.8) is 0 Å². The monoisotopic (exact) mass is 297 g/mol. The van der Waals surface area contributed by atoms with Gasteiger partial charge in [-0.1, -0.05) is 19.8 Å².